The zero-order valence-corrected chi connectivity index (χ0v) is 13.3. The Morgan fingerprint density at radius 3 is 3.05 bits per heavy atom. The Morgan fingerprint density at radius 2 is 2.35 bits per heavy atom. The summed E-state index contributed by atoms with van der Waals surface area (Å²) >= 11 is 1.74. The molecule has 0 bridgehead atoms. The van der Waals surface area contributed by atoms with E-state index in [-0.39, 0.29) is 12.2 Å². The van der Waals surface area contributed by atoms with Crippen molar-refractivity contribution in [2.24, 2.45) is 0 Å². The lowest BCUT2D eigenvalue weighted by Crippen LogP contribution is -2.44. The van der Waals surface area contributed by atoms with Gasteiger partial charge in [-0.05, 0) is 39.8 Å². The molecule has 0 spiro atoms. The molecule has 0 saturated carbocycles. The number of rotatable bonds is 3. The molecule has 0 aromatic carbocycles. The van der Waals surface area contributed by atoms with Crippen LogP contribution in [0.25, 0.3) is 0 Å². The monoisotopic (exact) mass is 293 g/mol. The van der Waals surface area contributed by atoms with Gasteiger partial charge in [-0.1, -0.05) is 11.8 Å². The van der Waals surface area contributed by atoms with Crippen molar-refractivity contribution in [3.05, 3.63) is 21.9 Å². The number of hydrogen-bond donors (Lipinski definition) is 1. The van der Waals surface area contributed by atoms with Gasteiger partial charge >= 0.3 is 0 Å². The van der Waals surface area contributed by atoms with E-state index in [1.807, 2.05) is 0 Å². The summed E-state index contributed by atoms with van der Waals surface area (Å²) in [5.41, 5.74) is 0.990. The van der Waals surface area contributed by atoms with Gasteiger partial charge in [0, 0.05) is 35.0 Å². The second kappa shape index (κ2) is 6.73. The number of hydrogen-bond acceptors (Lipinski definition) is 4. The minimum atomic E-state index is -0.0811. The fourth-order valence-corrected chi connectivity index (χ4v) is 3.50. The Morgan fingerprint density at radius 1 is 1.55 bits per heavy atom. The molecule has 1 unspecified atom stereocenters. The van der Waals surface area contributed by atoms with Crippen LogP contribution in [0.5, 0.6) is 0 Å². The molecule has 4 heteroatoms. The van der Waals surface area contributed by atoms with Gasteiger partial charge in [0.2, 0.25) is 0 Å². The Bertz CT molecular complexity index is 498. The van der Waals surface area contributed by atoms with Crippen LogP contribution in [0.3, 0.4) is 0 Å². The SMILES string of the molecule is CN(Cc1cc(C#CCO)cs1)C1CCOC(C)(C)C1. The van der Waals surface area contributed by atoms with Crippen molar-refractivity contribution in [3.8, 4) is 11.8 Å². The summed E-state index contributed by atoms with van der Waals surface area (Å²) in [6.07, 6.45) is 2.18. The molecule has 1 fully saturated rings. The third kappa shape index (κ3) is 4.32. The third-order valence-corrected chi connectivity index (χ3v) is 4.59. The van der Waals surface area contributed by atoms with Gasteiger partial charge in [-0.25, -0.2) is 0 Å². The fraction of sp³-hybridized carbons (Fsp3) is 0.625. The Labute approximate surface area is 125 Å². The number of thiophene rings is 1. The van der Waals surface area contributed by atoms with Gasteiger partial charge < -0.3 is 9.84 Å². The van der Waals surface area contributed by atoms with Crippen LogP contribution in [0.1, 0.15) is 37.1 Å². The van der Waals surface area contributed by atoms with Gasteiger partial charge in [0.1, 0.15) is 6.61 Å². The smallest absolute Gasteiger partial charge is 0.104 e. The molecule has 2 heterocycles. The molecule has 110 valence electrons. The summed E-state index contributed by atoms with van der Waals surface area (Å²) in [6.45, 7) is 6.05. The fourth-order valence-electron chi connectivity index (χ4n) is 2.62. The molecular weight excluding hydrogens is 270 g/mol. The maximum absolute atomic E-state index is 8.71. The topological polar surface area (TPSA) is 32.7 Å². The van der Waals surface area contributed by atoms with E-state index in [2.05, 4.69) is 49.1 Å². The first kappa shape index (κ1) is 15.5. The molecule has 20 heavy (non-hydrogen) atoms. The molecule has 0 amide bonds. The average molecular weight is 293 g/mol. The van der Waals surface area contributed by atoms with Crippen molar-refractivity contribution in [3.63, 3.8) is 0 Å². The van der Waals surface area contributed by atoms with Crippen molar-refractivity contribution in [2.75, 3.05) is 20.3 Å². The maximum atomic E-state index is 8.71. The predicted octanol–water partition coefficient (Wildman–Crippen LogP) is 2.48. The van der Waals surface area contributed by atoms with E-state index in [4.69, 9.17) is 9.84 Å². The van der Waals surface area contributed by atoms with Gasteiger partial charge in [0.05, 0.1) is 5.60 Å². The molecular formula is C16H23NO2S. The number of aliphatic hydroxyl groups excluding tert-OH is 1. The minimum absolute atomic E-state index is 0.00954. The van der Waals surface area contributed by atoms with Crippen LogP contribution in [0.4, 0.5) is 0 Å². The number of nitrogens with zero attached hydrogens (tertiary/aromatic N) is 1. The van der Waals surface area contributed by atoms with Crippen LogP contribution in [0, 0.1) is 11.8 Å². The standard InChI is InChI=1S/C16H23NO2S/c1-16(2)10-14(6-8-19-16)17(3)11-15-9-13(12-20-15)5-4-7-18/h9,12,14,18H,6-8,10-11H2,1-3H3. The molecule has 1 aromatic rings. The minimum Gasteiger partial charge on any atom is -0.384 e. The molecule has 1 aliphatic rings. The number of aliphatic hydroxyl groups is 1. The quantitative estimate of drug-likeness (QED) is 0.869. The van der Waals surface area contributed by atoms with E-state index in [0.29, 0.717) is 6.04 Å². The molecule has 3 nitrogen and oxygen atoms in total. The lowest BCUT2D eigenvalue weighted by atomic mass is 9.93. The molecule has 1 aromatic heterocycles. The largest absolute Gasteiger partial charge is 0.384 e. The van der Waals surface area contributed by atoms with Crippen LogP contribution < -0.4 is 0 Å². The molecule has 2 rings (SSSR count). The van der Waals surface area contributed by atoms with E-state index in [0.717, 1.165) is 31.6 Å². The first-order valence-corrected chi connectivity index (χ1v) is 7.89. The summed E-state index contributed by atoms with van der Waals surface area (Å²) in [5.74, 6) is 5.64. The van der Waals surface area contributed by atoms with Gasteiger partial charge in [0.15, 0.2) is 0 Å². The summed E-state index contributed by atoms with van der Waals surface area (Å²) in [5, 5.41) is 10.8. The van der Waals surface area contributed by atoms with Crippen LogP contribution >= 0.6 is 11.3 Å². The van der Waals surface area contributed by atoms with Crippen LogP contribution in [0.15, 0.2) is 11.4 Å². The molecule has 1 N–H and O–H groups in total. The highest BCUT2D eigenvalue weighted by atomic mass is 32.1. The highest BCUT2D eigenvalue weighted by Gasteiger charge is 2.30. The van der Waals surface area contributed by atoms with E-state index in [9.17, 15) is 0 Å². The van der Waals surface area contributed by atoms with Gasteiger partial charge in [-0.2, -0.15) is 0 Å². The van der Waals surface area contributed by atoms with Crippen molar-refractivity contribution < 1.29 is 9.84 Å². The van der Waals surface area contributed by atoms with E-state index in [1.54, 1.807) is 11.3 Å². The van der Waals surface area contributed by atoms with E-state index >= 15 is 0 Å². The first-order valence-electron chi connectivity index (χ1n) is 7.01. The maximum Gasteiger partial charge on any atom is 0.104 e. The number of ether oxygens (including phenoxy) is 1. The second-order valence-electron chi connectivity index (χ2n) is 5.93. The van der Waals surface area contributed by atoms with Crippen molar-refractivity contribution in [1.82, 2.24) is 4.90 Å². The highest BCUT2D eigenvalue weighted by molar-refractivity contribution is 7.10. The van der Waals surface area contributed by atoms with Crippen molar-refractivity contribution >= 4 is 11.3 Å². The van der Waals surface area contributed by atoms with E-state index in [1.165, 1.54) is 4.88 Å². The van der Waals surface area contributed by atoms with Gasteiger partial charge in [-0.15, -0.1) is 11.3 Å². The normalized spacial score (nSPS) is 21.6. The second-order valence-corrected chi connectivity index (χ2v) is 6.93. The summed E-state index contributed by atoms with van der Waals surface area (Å²) in [6, 6.07) is 2.70. The zero-order valence-electron chi connectivity index (χ0n) is 12.5. The van der Waals surface area contributed by atoms with Gasteiger partial charge in [0.25, 0.3) is 0 Å². The third-order valence-electron chi connectivity index (χ3n) is 3.67. The van der Waals surface area contributed by atoms with Crippen molar-refractivity contribution in [2.45, 2.75) is 44.9 Å². The van der Waals surface area contributed by atoms with Crippen LogP contribution in [-0.4, -0.2) is 41.9 Å². The predicted molar refractivity (Wildman–Crippen MR) is 82.8 cm³/mol. The Balaban J connectivity index is 1.93. The Hall–Kier alpha value is -0.860. The lowest BCUT2D eigenvalue weighted by molar-refractivity contribution is -0.0808. The van der Waals surface area contributed by atoms with Crippen molar-refractivity contribution in [1.29, 1.82) is 0 Å². The summed E-state index contributed by atoms with van der Waals surface area (Å²) < 4.78 is 5.78. The lowest BCUT2D eigenvalue weighted by Gasteiger charge is -2.39. The molecule has 1 atom stereocenters. The Kier molecular flexibility index (Phi) is 5.22. The summed E-state index contributed by atoms with van der Waals surface area (Å²) in [4.78, 5) is 3.73. The highest BCUT2D eigenvalue weighted by Crippen LogP contribution is 2.28. The van der Waals surface area contributed by atoms with Gasteiger partial charge in [-0.3, -0.25) is 4.90 Å². The zero-order chi connectivity index (χ0) is 14.6. The van der Waals surface area contributed by atoms with Crippen LogP contribution in [0.2, 0.25) is 0 Å². The summed E-state index contributed by atoms with van der Waals surface area (Å²) in [7, 11) is 2.19. The molecule has 1 aliphatic heterocycles. The van der Waals surface area contributed by atoms with Crippen LogP contribution in [-0.2, 0) is 11.3 Å². The first-order chi connectivity index (χ1) is 9.50. The average Bonchev–Trinajstić information content (AvgIpc) is 2.82. The molecule has 0 radical (unpaired) electrons. The molecule has 0 aliphatic carbocycles. The van der Waals surface area contributed by atoms with E-state index < -0.39 is 0 Å². The molecule has 1 saturated heterocycles.